The Balaban J connectivity index is 1.36. The molecule has 1 N–H and O–H groups in total. The van der Waals surface area contributed by atoms with Crippen molar-refractivity contribution >= 4 is 17.5 Å². The van der Waals surface area contributed by atoms with Gasteiger partial charge in [-0.05, 0) is 42.7 Å². The third-order valence-electron chi connectivity index (χ3n) is 5.80. The van der Waals surface area contributed by atoms with E-state index in [9.17, 15) is 9.90 Å². The fraction of sp³-hybridized carbons (Fsp3) is 0.526. The largest absolute Gasteiger partial charge is 0.391 e. The van der Waals surface area contributed by atoms with Gasteiger partial charge in [-0.2, -0.15) is 5.10 Å². The van der Waals surface area contributed by atoms with Crippen LogP contribution in [0.1, 0.15) is 30.9 Å². The van der Waals surface area contributed by atoms with Crippen LogP contribution in [-0.4, -0.2) is 49.9 Å². The first-order chi connectivity index (χ1) is 12.6. The van der Waals surface area contributed by atoms with Crippen molar-refractivity contribution in [2.75, 3.05) is 13.1 Å². The Morgan fingerprint density at radius 3 is 2.73 bits per heavy atom. The summed E-state index contributed by atoms with van der Waals surface area (Å²) in [7, 11) is 0. The van der Waals surface area contributed by atoms with Crippen LogP contribution in [0.3, 0.4) is 0 Å². The zero-order valence-corrected chi connectivity index (χ0v) is 15.3. The van der Waals surface area contributed by atoms with Gasteiger partial charge in [0, 0.05) is 24.5 Å². The molecule has 7 heteroatoms. The molecule has 2 aromatic rings. The Labute approximate surface area is 157 Å². The van der Waals surface area contributed by atoms with Crippen LogP contribution in [0.2, 0.25) is 5.02 Å². The Morgan fingerprint density at radius 1 is 1.23 bits per heavy atom. The number of aliphatic hydroxyl groups is 1. The van der Waals surface area contributed by atoms with E-state index in [1.54, 1.807) is 11.0 Å². The average Bonchev–Trinajstić information content (AvgIpc) is 3.29. The molecule has 1 amide bonds. The van der Waals surface area contributed by atoms with Crippen LogP contribution in [-0.2, 0) is 11.2 Å². The van der Waals surface area contributed by atoms with Crippen LogP contribution < -0.4 is 0 Å². The number of fused-ring (bicyclic) bond motifs is 1. The molecule has 4 atom stereocenters. The van der Waals surface area contributed by atoms with E-state index < -0.39 is 6.10 Å². The number of nitrogens with zero attached hydrogens (tertiary/aromatic N) is 4. The molecule has 2 heterocycles. The lowest BCUT2D eigenvalue weighted by atomic mass is 9.77. The normalized spacial score (nSPS) is 28.2. The molecular weight excluding hydrogens is 352 g/mol. The molecule has 1 saturated heterocycles. The lowest BCUT2D eigenvalue weighted by Gasteiger charge is -2.34. The average molecular weight is 375 g/mol. The predicted molar refractivity (Wildman–Crippen MR) is 97.6 cm³/mol. The van der Waals surface area contributed by atoms with Crippen LogP contribution in [0.5, 0.6) is 0 Å². The highest BCUT2D eigenvalue weighted by Crippen LogP contribution is 2.41. The first-order valence-electron chi connectivity index (χ1n) is 9.15. The van der Waals surface area contributed by atoms with Crippen LogP contribution >= 0.6 is 11.6 Å². The minimum atomic E-state index is -0.434. The Kier molecular flexibility index (Phi) is 4.96. The molecule has 0 radical (unpaired) electrons. The molecule has 0 unspecified atom stereocenters. The highest BCUT2D eigenvalue weighted by molar-refractivity contribution is 6.31. The van der Waals surface area contributed by atoms with E-state index in [-0.39, 0.29) is 11.9 Å². The predicted octanol–water partition coefficient (Wildman–Crippen LogP) is 2.33. The first kappa shape index (κ1) is 17.5. The summed E-state index contributed by atoms with van der Waals surface area (Å²) in [5, 5.41) is 15.4. The van der Waals surface area contributed by atoms with Crippen molar-refractivity contribution in [1.29, 1.82) is 0 Å². The van der Waals surface area contributed by atoms with Gasteiger partial charge in [-0.3, -0.25) is 4.79 Å². The van der Waals surface area contributed by atoms with Gasteiger partial charge in [-0.15, -0.1) is 0 Å². The van der Waals surface area contributed by atoms with Gasteiger partial charge >= 0.3 is 0 Å². The van der Waals surface area contributed by atoms with Gasteiger partial charge in [0.15, 0.2) is 0 Å². The van der Waals surface area contributed by atoms with E-state index in [2.05, 4.69) is 10.1 Å². The van der Waals surface area contributed by atoms with Gasteiger partial charge < -0.3 is 10.0 Å². The second-order valence-corrected chi connectivity index (χ2v) is 7.80. The number of carbonyl (C=O) groups is 1. The van der Waals surface area contributed by atoms with Crippen molar-refractivity contribution < 1.29 is 9.90 Å². The zero-order valence-electron chi connectivity index (χ0n) is 14.5. The summed E-state index contributed by atoms with van der Waals surface area (Å²) in [6.45, 7) is 1.51. The van der Waals surface area contributed by atoms with Crippen molar-refractivity contribution in [2.45, 2.75) is 37.8 Å². The van der Waals surface area contributed by atoms with Gasteiger partial charge in [0.2, 0.25) is 5.91 Å². The summed E-state index contributed by atoms with van der Waals surface area (Å²) in [4.78, 5) is 18.6. The van der Waals surface area contributed by atoms with Crippen LogP contribution in [0.4, 0.5) is 0 Å². The molecule has 26 heavy (non-hydrogen) atoms. The second-order valence-electron chi connectivity index (χ2n) is 7.39. The number of benzene rings is 1. The molecule has 1 aromatic heterocycles. The summed E-state index contributed by atoms with van der Waals surface area (Å²) >= 11 is 6.18. The van der Waals surface area contributed by atoms with Gasteiger partial charge in [0.25, 0.3) is 0 Å². The number of aliphatic hydroxyl groups excluding tert-OH is 1. The highest BCUT2D eigenvalue weighted by Gasteiger charge is 2.43. The summed E-state index contributed by atoms with van der Waals surface area (Å²) < 4.78 is 1.75. The molecular formula is C19H23ClN4O2. The summed E-state index contributed by atoms with van der Waals surface area (Å²) in [5.41, 5.74) is 1.01. The number of rotatable bonds is 4. The lowest BCUT2D eigenvalue weighted by Crippen LogP contribution is -2.36. The third kappa shape index (κ3) is 3.48. The van der Waals surface area contributed by atoms with E-state index in [1.165, 1.54) is 6.33 Å². The van der Waals surface area contributed by atoms with Crippen molar-refractivity contribution in [3.8, 4) is 0 Å². The Bertz CT molecular complexity index is 767. The molecule has 6 nitrogen and oxygen atoms in total. The number of halogens is 1. The van der Waals surface area contributed by atoms with Gasteiger partial charge in [0.1, 0.15) is 12.7 Å². The molecule has 138 valence electrons. The standard InChI is InChI=1S/C19H23ClN4O2/c20-16-4-2-1-3-13(16)5-6-19(26)23-9-14-7-17(24-12-21-11-22-24)18(25)8-15(14)10-23/h1-4,11-12,14-15,17-18,25H,5-10H2/t14-,15+,17-,18-/m1/s1. The molecule has 2 aliphatic rings. The maximum atomic E-state index is 12.7. The molecule has 1 aliphatic heterocycles. The highest BCUT2D eigenvalue weighted by atomic mass is 35.5. The number of aromatic nitrogens is 3. The fourth-order valence-corrected chi connectivity index (χ4v) is 4.61. The molecule has 0 spiro atoms. The van der Waals surface area contributed by atoms with Crippen molar-refractivity contribution in [2.24, 2.45) is 11.8 Å². The molecule has 4 rings (SSSR count). The lowest BCUT2D eigenvalue weighted by molar-refractivity contribution is -0.130. The topological polar surface area (TPSA) is 71.2 Å². The number of likely N-dealkylation sites (tertiary alicyclic amines) is 1. The minimum absolute atomic E-state index is 0.0445. The quantitative estimate of drug-likeness (QED) is 0.891. The number of hydrogen-bond donors (Lipinski definition) is 1. The molecule has 1 saturated carbocycles. The van der Waals surface area contributed by atoms with Crippen molar-refractivity contribution in [3.05, 3.63) is 47.5 Å². The maximum Gasteiger partial charge on any atom is 0.222 e. The third-order valence-corrected chi connectivity index (χ3v) is 6.17. The van der Waals surface area contributed by atoms with E-state index in [1.807, 2.05) is 29.2 Å². The Hall–Kier alpha value is -1.92. The van der Waals surface area contributed by atoms with Gasteiger partial charge in [0.05, 0.1) is 12.1 Å². The van der Waals surface area contributed by atoms with Crippen LogP contribution in [0.25, 0.3) is 0 Å². The molecule has 2 fully saturated rings. The minimum Gasteiger partial charge on any atom is -0.391 e. The molecule has 1 aromatic carbocycles. The molecule has 0 bridgehead atoms. The second kappa shape index (κ2) is 7.37. The van der Waals surface area contributed by atoms with Crippen molar-refractivity contribution in [1.82, 2.24) is 19.7 Å². The van der Waals surface area contributed by atoms with E-state index in [0.29, 0.717) is 36.1 Å². The smallest absolute Gasteiger partial charge is 0.222 e. The number of hydrogen-bond acceptors (Lipinski definition) is 4. The number of amides is 1. The van der Waals surface area contributed by atoms with Crippen LogP contribution in [0, 0.1) is 11.8 Å². The summed E-state index contributed by atoms with van der Waals surface area (Å²) in [6, 6.07) is 7.63. The number of aryl methyl sites for hydroxylation is 1. The fourth-order valence-electron chi connectivity index (χ4n) is 4.38. The first-order valence-corrected chi connectivity index (χ1v) is 9.53. The maximum absolute atomic E-state index is 12.7. The van der Waals surface area contributed by atoms with E-state index >= 15 is 0 Å². The van der Waals surface area contributed by atoms with E-state index in [0.717, 1.165) is 25.1 Å². The summed E-state index contributed by atoms with van der Waals surface area (Å²) in [5.74, 6) is 0.956. The van der Waals surface area contributed by atoms with Gasteiger partial charge in [-0.25, -0.2) is 9.67 Å². The SMILES string of the molecule is O=C(CCc1ccccc1Cl)N1C[C@H]2C[C@@H](n3cncn3)[C@H](O)C[C@H]2C1. The number of carbonyl (C=O) groups excluding carboxylic acids is 1. The van der Waals surface area contributed by atoms with Crippen molar-refractivity contribution in [3.63, 3.8) is 0 Å². The zero-order chi connectivity index (χ0) is 18.1. The monoisotopic (exact) mass is 374 g/mol. The summed E-state index contributed by atoms with van der Waals surface area (Å²) in [6.07, 6.45) is 5.41. The Morgan fingerprint density at radius 2 is 2.00 bits per heavy atom. The van der Waals surface area contributed by atoms with Crippen LogP contribution in [0.15, 0.2) is 36.9 Å². The van der Waals surface area contributed by atoms with Gasteiger partial charge in [-0.1, -0.05) is 29.8 Å². The van der Waals surface area contributed by atoms with E-state index in [4.69, 9.17) is 11.6 Å². The molecule has 1 aliphatic carbocycles.